The fourth-order valence-electron chi connectivity index (χ4n) is 2.99. The molecular formula is C16H22N2O. The zero-order valence-corrected chi connectivity index (χ0v) is 11.9. The molecular weight excluding hydrogens is 236 g/mol. The first-order valence-corrected chi connectivity index (χ1v) is 7.15. The van der Waals surface area contributed by atoms with Gasteiger partial charge in [-0.3, -0.25) is 0 Å². The summed E-state index contributed by atoms with van der Waals surface area (Å²) >= 11 is 0. The molecule has 1 saturated carbocycles. The van der Waals surface area contributed by atoms with Crippen molar-refractivity contribution in [2.24, 2.45) is 0 Å². The van der Waals surface area contributed by atoms with Gasteiger partial charge in [-0.2, -0.15) is 5.26 Å². The Kier molecular flexibility index (Phi) is 4.68. The number of benzene rings is 1. The molecule has 0 atom stereocenters. The number of nitrogens with zero attached hydrogens (tertiary/aromatic N) is 2. The fraction of sp³-hybridized carbons (Fsp3) is 0.562. The quantitative estimate of drug-likeness (QED) is 0.825. The van der Waals surface area contributed by atoms with Crippen LogP contribution in [0.3, 0.4) is 0 Å². The number of anilines is 1. The SMILES string of the molecule is CCN(c1cc(OC)ccc1C#N)C1CCCCC1. The van der Waals surface area contributed by atoms with E-state index >= 15 is 0 Å². The monoisotopic (exact) mass is 258 g/mol. The maximum atomic E-state index is 9.31. The van der Waals surface area contributed by atoms with E-state index in [4.69, 9.17) is 4.74 Å². The highest BCUT2D eigenvalue weighted by atomic mass is 16.5. The van der Waals surface area contributed by atoms with Gasteiger partial charge in [0.15, 0.2) is 0 Å². The van der Waals surface area contributed by atoms with Crippen LogP contribution in [0.5, 0.6) is 5.75 Å². The standard InChI is InChI=1S/C16H22N2O/c1-3-18(14-7-5-4-6-8-14)16-11-15(19-2)10-9-13(16)12-17/h9-11,14H,3-8H2,1-2H3. The molecule has 3 heteroatoms. The predicted molar refractivity (Wildman–Crippen MR) is 77.6 cm³/mol. The molecule has 0 radical (unpaired) electrons. The van der Waals surface area contributed by atoms with Crippen molar-refractivity contribution in [3.05, 3.63) is 23.8 Å². The van der Waals surface area contributed by atoms with Crippen LogP contribution >= 0.6 is 0 Å². The van der Waals surface area contributed by atoms with Gasteiger partial charge in [0.05, 0.1) is 18.4 Å². The molecule has 0 amide bonds. The third-order valence-corrected chi connectivity index (χ3v) is 3.99. The molecule has 0 aromatic heterocycles. The summed E-state index contributed by atoms with van der Waals surface area (Å²) in [6.07, 6.45) is 6.41. The fourth-order valence-corrected chi connectivity index (χ4v) is 2.99. The van der Waals surface area contributed by atoms with Crippen LogP contribution < -0.4 is 9.64 Å². The van der Waals surface area contributed by atoms with Gasteiger partial charge in [-0.05, 0) is 31.9 Å². The number of nitriles is 1. The minimum Gasteiger partial charge on any atom is -0.497 e. The van der Waals surface area contributed by atoms with Crippen LogP contribution in [0.25, 0.3) is 0 Å². The van der Waals surface area contributed by atoms with Crippen LogP contribution in [-0.4, -0.2) is 19.7 Å². The average Bonchev–Trinajstić information content (AvgIpc) is 2.49. The van der Waals surface area contributed by atoms with E-state index in [2.05, 4.69) is 17.9 Å². The van der Waals surface area contributed by atoms with E-state index in [9.17, 15) is 5.26 Å². The molecule has 19 heavy (non-hydrogen) atoms. The molecule has 0 spiro atoms. The molecule has 0 bridgehead atoms. The van der Waals surface area contributed by atoms with Crippen molar-refractivity contribution >= 4 is 5.69 Å². The van der Waals surface area contributed by atoms with Gasteiger partial charge in [0.1, 0.15) is 11.8 Å². The molecule has 1 aliphatic rings. The van der Waals surface area contributed by atoms with Crippen LogP contribution in [0, 0.1) is 11.3 Å². The molecule has 1 aliphatic carbocycles. The van der Waals surface area contributed by atoms with Gasteiger partial charge < -0.3 is 9.64 Å². The lowest BCUT2D eigenvalue weighted by molar-refractivity contribution is 0.409. The first-order valence-electron chi connectivity index (χ1n) is 7.15. The lowest BCUT2D eigenvalue weighted by Gasteiger charge is -2.36. The van der Waals surface area contributed by atoms with Crippen molar-refractivity contribution in [1.82, 2.24) is 0 Å². The molecule has 1 aromatic carbocycles. The maximum absolute atomic E-state index is 9.31. The van der Waals surface area contributed by atoms with Crippen molar-refractivity contribution in [2.45, 2.75) is 45.1 Å². The summed E-state index contributed by atoms with van der Waals surface area (Å²) in [5.41, 5.74) is 1.77. The van der Waals surface area contributed by atoms with Crippen LogP contribution in [-0.2, 0) is 0 Å². The smallest absolute Gasteiger partial charge is 0.121 e. The van der Waals surface area contributed by atoms with Crippen LogP contribution in [0.1, 0.15) is 44.6 Å². The van der Waals surface area contributed by atoms with Gasteiger partial charge in [0.25, 0.3) is 0 Å². The molecule has 0 heterocycles. The number of methoxy groups -OCH3 is 1. The van der Waals surface area contributed by atoms with Gasteiger partial charge in [0.2, 0.25) is 0 Å². The van der Waals surface area contributed by atoms with E-state index in [-0.39, 0.29) is 0 Å². The summed E-state index contributed by atoms with van der Waals surface area (Å²) in [6.45, 7) is 3.10. The Morgan fingerprint density at radius 3 is 2.63 bits per heavy atom. The lowest BCUT2D eigenvalue weighted by atomic mass is 9.93. The number of hydrogen-bond donors (Lipinski definition) is 0. The Hall–Kier alpha value is -1.69. The number of hydrogen-bond acceptors (Lipinski definition) is 3. The number of ether oxygens (including phenoxy) is 1. The minimum absolute atomic E-state index is 0.568. The Bertz CT molecular complexity index is 458. The Balaban J connectivity index is 2.32. The molecule has 0 saturated heterocycles. The molecule has 102 valence electrons. The molecule has 0 unspecified atom stereocenters. The Labute approximate surface area is 115 Å². The van der Waals surface area contributed by atoms with Crippen LogP contribution in [0.15, 0.2) is 18.2 Å². The van der Waals surface area contributed by atoms with Crippen molar-refractivity contribution < 1.29 is 4.74 Å². The molecule has 1 aromatic rings. The summed E-state index contributed by atoms with van der Waals surface area (Å²) in [5.74, 6) is 0.822. The predicted octanol–water partition coefficient (Wildman–Crippen LogP) is 3.73. The van der Waals surface area contributed by atoms with E-state index in [1.54, 1.807) is 7.11 Å². The van der Waals surface area contributed by atoms with Gasteiger partial charge in [-0.1, -0.05) is 19.3 Å². The second-order valence-electron chi connectivity index (χ2n) is 5.07. The summed E-state index contributed by atoms with van der Waals surface area (Å²) in [5, 5.41) is 9.31. The second kappa shape index (κ2) is 6.47. The maximum Gasteiger partial charge on any atom is 0.121 e. The molecule has 0 N–H and O–H groups in total. The first kappa shape index (κ1) is 13.7. The van der Waals surface area contributed by atoms with Gasteiger partial charge in [-0.25, -0.2) is 0 Å². The van der Waals surface area contributed by atoms with Crippen LogP contribution in [0.4, 0.5) is 5.69 Å². The zero-order valence-electron chi connectivity index (χ0n) is 11.9. The molecule has 2 rings (SSSR count). The largest absolute Gasteiger partial charge is 0.497 e. The van der Waals surface area contributed by atoms with Gasteiger partial charge in [0, 0.05) is 18.7 Å². The van der Waals surface area contributed by atoms with E-state index in [0.29, 0.717) is 6.04 Å². The van der Waals surface area contributed by atoms with E-state index in [0.717, 1.165) is 23.5 Å². The summed E-state index contributed by atoms with van der Waals surface area (Å²) in [7, 11) is 1.67. The highest BCUT2D eigenvalue weighted by molar-refractivity contribution is 5.62. The van der Waals surface area contributed by atoms with Gasteiger partial charge >= 0.3 is 0 Å². The number of rotatable bonds is 4. The highest BCUT2D eigenvalue weighted by Crippen LogP contribution is 2.31. The first-order chi connectivity index (χ1) is 9.30. The van der Waals surface area contributed by atoms with E-state index in [1.807, 2.05) is 18.2 Å². The molecule has 1 fully saturated rings. The van der Waals surface area contributed by atoms with Crippen molar-refractivity contribution in [1.29, 1.82) is 5.26 Å². The topological polar surface area (TPSA) is 36.3 Å². The van der Waals surface area contributed by atoms with Crippen LogP contribution in [0.2, 0.25) is 0 Å². The van der Waals surface area contributed by atoms with Crippen molar-refractivity contribution in [3.8, 4) is 11.8 Å². The molecule has 3 nitrogen and oxygen atoms in total. The third kappa shape index (κ3) is 3.01. The summed E-state index contributed by atoms with van der Waals surface area (Å²) < 4.78 is 5.30. The van der Waals surface area contributed by atoms with Crippen molar-refractivity contribution in [3.63, 3.8) is 0 Å². The van der Waals surface area contributed by atoms with Crippen molar-refractivity contribution in [2.75, 3.05) is 18.6 Å². The van der Waals surface area contributed by atoms with E-state index < -0.39 is 0 Å². The average molecular weight is 258 g/mol. The Morgan fingerprint density at radius 1 is 1.32 bits per heavy atom. The Morgan fingerprint density at radius 2 is 2.05 bits per heavy atom. The summed E-state index contributed by atoms with van der Waals surface area (Å²) in [4.78, 5) is 2.38. The highest BCUT2D eigenvalue weighted by Gasteiger charge is 2.22. The lowest BCUT2D eigenvalue weighted by Crippen LogP contribution is -2.37. The zero-order chi connectivity index (χ0) is 13.7. The van der Waals surface area contributed by atoms with E-state index in [1.165, 1.54) is 32.1 Å². The normalized spacial score (nSPS) is 15.8. The molecule has 0 aliphatic heterocycles. The summed E-state index contributed by atoms with van der Waals surface area (Å²) in [6, 6.07) is 8.59. The van der Waals surface area contributed by atoms with Gasteiger partial charge in [-0.15, -0.1) is 0 Å². The third-order valence-electron chi connectivity index (χ3n) is 3.99. The second-order valence-corrected chi connectivity index (χ2v) is 5.07. The minimum atomic E-state index is 0.568.